The van der Waals surface area contributed by atoms with Crippen LogP contribution >= 0.6 is 0 Å². The second-order valence-corrected chi connectivity index (χ2v) is 6.07. The number of carbonyl (C=O) groups is 2. The van der Waals surface area contributed by atoms with E-state index in [2.05, 4.69) is 10.6 Å². The topological polar surface area (TPSA) is 105 Å². The summed E-state index contributed by atoms with van der Waals surface area (Å²) in [6.45, 7) is 0.931. The Kier molecular flexibility index (Phi) is 5.12. The fourth-order valence-electron chi connectivity index (χ4n) is 2.88. The van der Waals surface area contributed by atoms with E-state index in [0.29, 0.717) is 18.8 Å². The molecule has 1 aliphatic rings. The van der Waals surface area contributed by atoms with E-state index in [1.807, 2.05) is 30.3 Å². The number of nitro groups is 1. The fraction of sp³-hybridized carbons (Fsp3) is 0.222. The molecule has 1 aliphatic heterocycles. The SMILES string of the molecule is O=C(Nc1cccc([N+](=O)[O-])c1)NC1CC(=O)N(Cc2ccccc2)C1. The van der Waals surface area contributed by atoms with Gasteiger partial charge in [-0.1, -0.05) is 36.4 Å². The molecule has 8 nitrogen and oxygen atoms in total. The molecule has 0 radical (unpaired) electrons. The number of carbonyl (C=O) groups excluding carboxylic acids is 2. The van der Waals surface area contributed by atoms with Crippen LogP contribution in [-0.4, -0.2) is 34.3 Å². The first kappa shape index (κ1) is 17.4. The van der Waals surface area contributed by atoms with Gasteiger partial charge in [0.1, 0.15) is 0 Å². The van der Waals surface area contributed by atoms with Crippen molar-refractivity contribution in [1.29, 1.82) is 0 Å². The summed E-state index contributed by atoms with van der Waals surface area (Å²) >= 11 is 0. The van der Waals surface area contributed by atoms with Crippen LogP contribution in [0.5, 0.6) is 0 Å². The normalized spacial score (nSPS) is 16.4. The number of urea groups is 1. The molecule has 134 valence electrons. The minimum absolute atomic E-state index is 0.0190. The van der Waals surface area contributed by atoms with Gasteiger partial charge in [0.15, 0.2) is 0 Å². The minimum atomic E-state index is -0.528. The highest BCUT2D eigenvalue weighted by molar-refractivity contribution is 5.90. The number of hydrogen-bond donors (Lipinski definition) is 2. The second kappa shape index (κ2) is 7.64. The Bertz CT molecular complexity index is 825. The van der Waals surface area contributed by atoms with Gasteiger partial charge in [-0.3, -0.25) is 14.9 Å². The molecule has 0 aromatic heterocycles. The molecule has 1 unspecified atom stereocenters. The molecule has 1 saturated heterocycles. The number of nitro benzene ring substituents is 1. The number of benzene rings is 2. The summed E-state index contributed by atoms with van der Waals surface area (Å²) in [6, 6.07) is 14.5. The number of anilines is 1. The number of amides is 3. The van der Waals surface area contributed by atoms with Gasteiger partial charge in [-0.05, 0) is 11.6 Å². The van der Waals surface area contributed by atoms with Crippen molar-refractivity contribution >= 4 is 23.3 Å². The lowest BCUT2D eigenvalue weighted by Crippen LogP contribution is -2.39. The quantitative estimate of drug-likeness (QED) is 0.636. The third-order valence-electron chi connectivity index (χ3n) is 4.08. The summed E-state index contributed by atoms with van der Waals surface area (Å²) in [6.07, 6.45) is 0.231. The minimum Gasteiger partial charge on any atom is -0.336 e. The molecule has 26 heavy (non-hydrogen) atoms. The Balaban J connectivity index is 1.54. The maximum absolute atomic E-state index is 12.1. The van der Waals surface area contributed by atoms with Crippen molar-refractivity contribution in [2.45, 2.75) is 19.0 Å². The summed E-state index contributed by atoms with van der Waals surface area (Å²) in [5, 5.41) is 16.1. The lowest BCUT2D eigenvalue weighted by Gasteiger charge is -2.17. The van der Waals surface area contributed by atoms with E-state index in [0.717, 1.165) is 5.56 Å². The molecule has 3 amide bonds. The molecule has 0 saturated carbocycles. The van der Waals surface area contributed by atoms with E-state index in [1.54, 1.807) is 11.0 Å². The average Bonchev–Trinajstić information content (AvgIpc) is 2.95. The average molecular weight is 354 g/mol. The molecule has 3 rings (SSSR count). The number of hydrogen-bond acceptors (Lipinski definition) is 4. The van der Waals surface area contributed by atoms with Crippen LogP contribution in [0.2, 0.25) is 0 Å². The summed E-state index contributed by atoms with van der Waals surface area (Å²) in [7, 11) is 0. The van der Waals surface area contributed by atoms with Crippen molar-refractivity contribution in [2.75, 3.05) is 11.9 Å². The van der Waals surface area contributed by atoms with Gasteiger partial charge in [0.25, 0.3) is 5.69 Å². The van der Waals surface area contributed by atoms with E-state index < -0.39 is 11.0 Å². The maximum Gasteiger partial charge on any atom is 0.319 e. The Morgan fingerprint density at radius 1 is 1.19 bits per heavy atom. The van der Waals surface area contributed by atoms with Crippen molar-refractivity contribution in [3.05, 3.63) is 70.3 Å². The van der Waals surface area contributed by atoms with E-state index in [-0.39, 0.29) is 24.1 Å². The van der Waals surface area contributed by atoms with E-state index in [4.69, 9.17) is 0 Å². The summed E-state index contributed by atoms with van der Waals surface area (Å²) in [5.74, 6) is -0.0190. The van der Waals surface area contributed by atoms with Gasteiger partial charge < -0.3 is 15.5 Å². The van der Waals surface area contributed by atoms with Crippen molar-refractivity contribution < 1.29 is 14.5 Å². The third-order valence-corrected chi connectivity index (χ3v) is 4.08. The highest BCUT2D eigenvalue weighted by Gasteiger charge is 2.30. The van der Waals surface area contributed by atoms with Crippen LogP contribution in [0.3, 0.4) is 0 Å². The first-order valence-electron chi connectivity index (χ1n) is 8.15. The molecule has 0 aliphatic carbocycles. The Morgan fingerprint density at radius 2 is 1.96 bits per heavy atom. The van der Waals surface area contributed by atoms with Crippen molar-refractivity contribution in [1.82, 2.24) is 10.2 Å². The molecule has 0 bridgehead atoms. The molecule has 1 atom stereocenters. The Morgan fingerprint density at radius 3 is 2.69 bits per heavy atom. The number of nitrogens with zero attached hydrogens (tertiary/aromatic N) is 2. The lowest BCUT2D eigenvalue weighted by molar-refractivity contribution is -0.384. The predicted molar refractivity (Wildman–Crippen MR) is 95.5 cm³/mol. The number of nitrogens with one attached hydrogen (secondary N) is 2. The van der Waals surface area contributed by atoms with E-state index >= 15 is 0 Å². The largest absolute Gasteiger partial charge is 0.336 e. The third kappa shape index (κ3) is 4.35. The number of non-ortho nitro benzene ring substituents is 1. The molecule has 2 N–H and O–H groups in total. The molecular weight excluding hydrogens is 336 g/mol. The number of likely N-dealkylation sites (tertiary alicyclic amines) is 1. The molecule has 2 aromatic rings. The van der Waals surface area contributed by atoms with Crippen LogP contribution < -0.4 is 10.6 Å². The van der Waals surface area contributed by atoms with Gasteiger partial charge in [0, 0.05) is 37.3 Å². The van der Waals surface area contributed by atoms with Gasteiger partial charge in [-0.25, -0.2) is 4.79 Å². The second-order valence-electron chi connectivity index (χ2n) is 6.07. The summed E-state index contributed by atoms with van der Waals surface area (Å²) in [4.78, 5) is 36.2. The Labute approximate surface area is 150 Å². The Hall–Kier alpha value is -3.42. The monoisotopic (exact) mass is 354 g/mol. The fourth-order valence-corrected chi connectivity index (χ4v) is 2.88. The zero-order chi connectivity index (χ0) is 18.5. The van der Waals surface area contributed by atoms with Crippen LogP contribution in [0.4, 0.5) is 16.2 Å². The van der Waals surface area contributed by atoms with Crippen LogP contribution in [0.1, 0.15) is 12.0 Å². The van der Waals surface area contributed by atoms with E-state index in [9.17, 15) is 19.7 Å². The molecule has 0 spiro atoms. The van der Waals surface area contributed by atoms with Crippen LogP contribution in [-0.2, 0) is 11.3 Å². The predicted octanol–water partition coefficient (Wildman–Crippen LogP) is 2.52. The zero-order valence-electron chi connectivity index (χ0n) is 13.9. The first-order chi connectivity index (χ1) is 12.5. The van der Waals surface area contributed by atoms with E-state index in [1.165, 1.54) is 18.2 Å². The molecular formula is C18H18N4O4. The van der Waals surface area contributed by atoms with Gasteiger partial charge >= 0.3 is 6.03 Å². The number of rotatable bonds is 5. The summed E-state index contributed by atoms with van der Waals surface area (Å²) < 4.78 is 0. The zero-order valence-corrected chi connectivity index (χ0v) is 13.9. The smallest absolute Gasteiger partial charge is 0.319 e. The van der Waals surface area contributed by atoms with Gasteiger partial charge in [0.05, 0.1) is 11.0 Å². The van der Waals surface area contributed by atoms with Crippen molar-refractivity contribution in [2.24, 2.45) is 0 Å². The summed E-state index contributed by atoms with van der Waals surface area (Å²) in [5.41, 5.74) is 1.25. The van der Waals surface area contributed by atoms with Gasteiger partial charge in [0.2, 0.25) is 5.91 Å². The van der Waals surface area contributed by atoms with Gasteiger partial charge in [-0.15, -0.1) is 0 Å². The van der Waals surface area contributed by atoms with Crippen LogP contribution in [0, 0.1) is 10.1 Å². The van der Waals surface area contributed by atoms with Crippen molar-refractivity contribution in [3.63, 3.8) is 0 Å². The highest BCUT2D eigenvalue weighted by Crippen LogP contribution is 2.18. The van der Waals surface area contributed by atoms with Crippen LogP contribution in [0.15, 0.2) is 54.6 Å². The lowest BCUT2D eigenvalue weighted by atomic mass is 10.2. The maximum atomic E-state index is 12.1. The molecule has 1 heterocycles. The first-order valence-corrected chi connectivity index (χ1v) is 8.15. The molecule has 8 heteroatoms. The standard InChI is InChI=1S/C18H18N4O4/c23-17-10-15(12-21(17)11-13-5-2-1-3-6-13)20-18(24)19-14-7-4-8-16(9-14)22(25)26/h1-9,15H,10-12H2,(H2,19,20,24). The van der Waals surface area contributed by atoms with Gasteiger partial charge in [-0.2, -0.15) is 0 Å². The van der Waals surface area contributed by atoms with Crippen molar-refractivity contribution in [3.8, 4) is 0 Å². The van der Waals surface area contributed by atoms with Crippen LogP contribution in [0.25, 0.3) is 0 Å². The highest BCUT2D eigenvalue weighted by atomic mass is 16.6. The molecule has 1 fully saturated rings. The molecule has 2 aromatic carbocycles.